The van der Waals surface area contributed by atoms with Gasteiger partial charge in [0, 0.05) is 18.1 Å². The molecule has 1 aliphatic carbocycles. The van der Waals surface area contributed by atoms with Crippen molar-refractivity contribution in [3.63, 3.8) is 0 Å². The van der Waals surface area contributed by atoms with Crippen LogP contribution in [0.2, 0.25) is 5.02 Å². The Hall–Kier alpha value is -2.24. The third kappa shape index (κ3) is 8.08. The van der Waals surface area contributed by atoms with Gasteiger partial charge in [0.1, 0.15) is 18.6 Å². The smallest absolute Gasteiger partial charge is 0.138 e. The number of rotatable bonds is 1. The molecule has 0 radical (unpaired) electrons. The van der Waals surface area contributed by atoms with Gasteiger partial charge in [0.05, 0.1) is 16.8 Å². The molecule has 3 N–H and O–H groups in total. The first-order chi connectivity index (χ1) is 14.7. The number of hydrogen-bond donors (Lipinski definition) is 3. The second-order valence-corrected chi connectivity index (χ2v) is 8.47. The third-order valence-electron chi connectivity index (χ3n) is 4.90. The van der Waals surface area contributed by atoms with Gasteiger partial charge in [-0.2, -0.15) is 0 Å². The first-order valence-electron chi connectivity index (χ1n) is 10.7. The Morgan fingerprint density at radius 1 is 1.19 bits per heavy atom. The summed E-state index contributed by atoms with van der Waals surface area (Å²) in [6.07, 6.45) is 9.35. The average molecular weight is 450 g/mol. The van der Waals surface area contributed by atoms with Crippen LogP contribution in [0.1, 0.15) is 58.1 Å². The molecule has 0 aromatic heterocycles. The van der Waals surface area contributed by atoms with Crippen molar-refractivity contribution in [2.75, 3.05) is 7.11 Å². The van der Waals surface area contributed by atoms with Crippen molar-refractivity contribution in [2.24, 2.45) is 17.0 Å². The van der Waals surface area contributed by atoms with Gasteiger partial charge >= 0.3 is 0 Å². The summed E-state index contributed by atoms with van der Waals surface area (Å²) in [6.45, 7) is 12.5. The molecule has 172 valence electrons. The van der Waals surface area contributed by atoms with Crippen LogP contribution in [0.4, 0.5) is 0 Å². The maximum Gasteiger partial charge on any atom is 0.138 e. The normalized spacial score (nSPS) is 25.6. The third-order valence-corrected chi connectivity index (χ3v) is 5.32. The van der Waals surface area contributed by atoms with Gasteiger partial charge in [-0.3, -0.25) is 0 Å². The minimum absolute atomic E-state index is 0.0685. The highest BCUT2D eigenvalue weighted by molar-refractivity contribution is 6.33. The van der Waals surface area contributed by atoms with E-state index < -0.39 is 6.10 Å². The molecule has 0 bridgehead atoms. The van der Waals surface area contributed by atoms with Crippen LogP contribution in [0.5, 0.6) is 11.5 Å². The second-order valence-electron chi connectivity index (χ2n) is 8.09. The van der Waals surface area contributed by atoms with Crippen LogP contribution in [0.25, 0.3) is 5.57 Å². The highest BCUT2D eigenvalue weighted by Crippen LogP contribution is 2.41. The van der Waals surface area contributed by atoms with Gasteiger partial charge in [-0.05, 0) is 41.9 Å². The van der Waals surface area contributed by atoms with E-state index in [2.05, 4.69) is 32.5 Å². The van der Waals surface area contributed by atoms with Crippen LogP contribution >= 0.6 is 11.6 Å². The lowest BCUT2D eigenvalue weighted by molar-refractivity contribution is 0.146. The molecule has 5 nitrogen and oxygen atoms in total. The summed E-state index contributed by atoms with van der Waals surface area (Å²) in [7, 11) is 1.44. The Bertz CT molecular complexity index is 829. The average Bonchev–Trinajstić information content (AvgIpc) is 2.68. The number of phenols is 2. The number of allylic oxidation sites excluding steroid dienone is 4. The number of halogens is 1. The number of fused-ring (bicyclic) bond motifs is 1. The molecule has 0 aliphatic heterocycles. The van der Waals surface area contributed by atoms with E-state index in [0.29, 0.717) is 23.3 Å². The lowest BCUT2D eigenvalue weighted by Gasteiger charge is -2.23. The lowest BCUT2D eigenvalue weighted by Crippen LogP contribution is -2.18. The fraction of sp³-hybridized carbons (Fsp3) is 0.480. The van der Waals surface area contributed by atoms with E-state index >= 15 is 0 Å². The van der Waals surface area contributed by atoms with E-state index in [4.69, 9.17) is 16.4 Å². The van der Waals surface area contributed by atoms with Gasteiger partial charge in [0.2, 0.25) is 0 Å². The maximum absolute atomic E-state index is 10.5. The fourth-order valence-corrected chi connectivity index (χ4v) is 3.79. The Morgan fingerprint density at radius 2 is 1.84 bits per heavy atom. The molecule has 0 spiro atoms. The molecular weight excluding hydrogens is 414 g/mol. The molecule has 0 amide bonds. The molecule has 0 saturated heterocycles. The van der Waals surface area contributed by atoms with Crippen LogP contribution in [-0.4, -0.2) is 34.2 Å². The van der Waals surface area contributed by atoms with Gasteiger partial charge in [-0.25, -0.2) is 0 Å². The Morgan fingerprint density at radius 3 is 2.45 bits per heavy atom. The largest absolute Gasteiger partial charge is 0.507 e. The van der Waals surface area contributed by atoms with Crippen molar-refractivity contribution in [1.82, 2.24) is 0 Å². The summed E-state index contributed by atoms with van der Waals surface area (Å²) in [5, 5.41) is 35.1. The number of phenolic OH excluding ortho intramolecular Hbond substituents is 2. The van der Waals surface area contributed by atoms with E-state index in [1.165, 1.54) is 19.6 Å². The molecule has 2 rings (SSSR count). The first kappa shape index (κ1) is 26.8. The predicted molar refractivity (Wildman–Crippen MR) is 130 cm³/mol. The van der Waals surface area contributed by atoms with Crippen LogP contribution in [0.15, 0.2) is 42.1 Å². The highest BCUT2D eigenvalue weighted by Gasteiger charge is 2.22. The minimum Gasteiger partial charge on any atom is -0.507 e. The number of aliphatic hydroxyl groups is 1. The van der Waals surface area contributed by atoms with E-state index in [1.807, 2.05) is 6.92 Å². The van der Waals surface area contributed by atoms with Crippen LogP contribution < -0.4 is 0 Å². The Balaban J connectivity index is 0.00000151. The standard InChI is InChI=1S/C22H28ClNO4.C3H8/c1-13-9-14(2)18(25)8-6-5-7-16(24-28-4)11-17-21(15(3)10-13)19(26)12-20(27)22(17)23;1-3-2/h5-8,12-14,18,25-27H,3,9-11H2,1-2,4H3;3H2,1-2H3/b7-5+,8-6-,24-16+;/t13-,14?,18?;/m1./s1. The van der Waals surface area contributed by atoms with Gasteiger partial charge in [0.25, 0.3) is 0 Å². The van der Waals surface area contributed by atoms with Crippen molar-refractivity contribution in [2.45, 2.75) is 59.5 Å². The van der Waals surface area contributed by atoms with E-state index in [1.54, 1.807) is 24.3 Å². The van der Waals surface area contributed by atoms with Crippen molar-refractivity contribution >= 4 is 22.9 Å². The predicted octanol–water partition coefficient (Wildman–Crippen LogP) is 6.26. The number of hydrogen-bond acceptors (Lipinski definition) is 5. The molecular formula is C25H36ClNO4. The number of aliphatic hydroxyl groups excluding tert-OH is 1. The molecule has 31 heavy (non-hydrogen) atoms. The summed E-state index contributed by atoms with van der Waals surface area (Å²) in [4.78, 5) is 4.92. The topological polar surface area (TPSA) is 82.3 Å². The molecule has 1 aromatic rings. The fourth-order valence-electron chi connectivity index (χ4n) is 3.58. The van der Waals surface area contributed by atoms with Crippen molar-refractivity contribution in [3.05, 3.63) is 53.1 Å². The summed E-state index contributed by atoms with van der Waals surface area (Å²) < 4.78 is 0. The SMILES string of the molecule is C=C1C[C@H](C)CC(C)C(O)\C=C/C=C/C(=N\OC)Cc2c(Cl)c(O)cc(O)c21.CCC. The summed E-state index contributed by atoms with van der Waals surface area (Å²) in [6, 6.07) is 1.23. The van der Waals surface area contributed by atoms with E-state index in [0.717, 1.165) is 12.0 Å². The van der Waals surface area contributed by atoms with Crippen molar-refractivity contribution in [1.29, 1.82) is 0 Å². The molecule has 0 fully saturated rings. The van der Waals surface area contributed by atoms with E-state index in [9.17, 15) is 15.3 Å². The van der Waals surface area contributed by atoms with Crippen molar-refractivity contribution in [3.8, 4) is 11.5 Å². The van der Waals surface area contributed by atoms with Crippen LogP contribution in [0.3, 0.4) is 0 Å². The minimum atomic E-state index is -0.557. The van der Waals surface area contributed by atoms with Gasteiger partial charge in [-0.15, -0.1) is 0 Å². The summed E-state index contributed by atoms with van der Waals surface area (Å²) >= 11 is 6.37. The maximum atomic E-state index is 10.5. The van der Waals surface area contributed by atoms with E-state index in [-0.39, 0.29) is 34.8 Å². The summed E-state index contributed by atoms with van der Waals surface area (Å²) in [5.41, 5.74) is 2.33. The quantitative estimate of drug-likeness (QED) is 0.441. The van der Waals surface area contributed by atoms with Gasteiger partial charge in [0.15, 0.2) is 0 Å². The van der Waals surface area contributed by atoms with Crippen LogP contribution in [-0.2, 0) is 11.3 Å². The number of oxime groups is 1. The molecule has 1 aliphatic rings. The highest BCUT2D eigenvalue weighted by atomic mass is 35.5. The number of benzene rings is 1. The zero-order chi connectivity index (χ0) is 23.6. The van der Waals surface area contributed by atoms with Crippen LogP contribution in [0, 0.1) is 11.8 Å². The molecule has 0 saturated carbocycles. The molecule has 6 heteroatoms. The molecule has 1 aromatic carbocycles. The van der Waals surface area contributed by atoms with Gasteiger partial charge in [-0.1, -0.05) is 75.7 Å². The second kappa shape index (κ2) is 13.2. The molecule has 0 heterocycles. The molecule has 3 atom stereocenters. The number of nitrogens with zero attached hydrogens (tertiary/aromatic N) is 1. The summed E-state index contributed by atoms with van der Waals surface area (Å²) in [5.74, 6) is 0.0298. The number of aromatic hydroxyl groups is 2. The molecule has 2 unspecified atom stereocenters. The first-order valence-corrected chi connectivity index (χ1v) is 11.1. The monoisotopic (exact) mass is 449 g/mol. The zero-order valence-corrected chi connectivity index (χ0v) is 20.0. The van der Waals surface area contributed by atoms with Crippen molar-refractivity contribution < 1.29 is 20.2 Å². The Labute approximate surface area is 191 Å². The Kier molecular flexibility index (Phi) is 11.4. The van der Waals surface area contributed by atoms with Gasteiger partial charge < -0.3 is 20.2 Å². The zero-order valence-electron chi connectivity index (χ0n) is 19.2. The lowest BCUT2D eigenvalue weighted by atomic mass is 9.85.